The second kappa shape index (κ2) is 5.78. The van der Waals surface area contributed by atoms with Crippen LogP contribution in [0, 0.1) is 0 Å². The number of hydrogen-bond acceptors (Lipinski definition) is 2. The van der Waals surface area contributed by atoms with E-state index >= 15 is 0 Å². The van der Waals surface area contributed by atoms with Gasteiger partial charge >= 0.3 is 12.4 Å². The van der Waals surface area contributed by atoms with E-state index in [9.17, 15) is 26.3 Å². The third-order valence-corrected chi connectivity index (χ3v) is 2.78. The average Bonchev–Trinajstić information content (AvgIpc) is 2.44. The summed E-state index contributed by atoms with van der Waals surface area (Å²) in [5.74, 6) is 0. The molecule has 2 nitrogen and oxygen atoms in total. The molecule has 0 unspecified atom stereocenters. The molecule has 0 aliphatic rings. The van der Waals surface area contributed by atoms with Crippen LogP contribution in [0.4, 0.5) is 37.7 Å². The van der Waals surface area contributed by atoms with Crippen molar-refractivity contribution < 1.29 is 26.3 Å². The van der Waals surface area contributed by atoms with Crippen molar-refractivity contribution in [1.82, 2.24) is 0 Å². The number of hydrazine groups is 1. The van der Waals surface area contributed by atoms with Crippen LogP contribution >= 0.6 is 0 Å². The molecular weight excluding hydrogens is 310 g/mol. The number of hydrogen-bond donors (Lipinski definition) is 2. The van der Waals surface area contributed by atoms with Gasteiger partial charge in [-0.1, -0.05) is 0 Å². The number of nitrogens with one attached hydrogen (secondary N) is 2. The van der Waals surface area contributed by atoms with Crippen molar-refractivity contribution in [2.75, 3.05) is 10.9 Å². The normalized spacial score (nSPS) is 12.1. The molecule has 2 aromatic rings. The lowest BCUT2D eigenvalue weighted by Gasteiger charge is -2.12. The lowest BCUT2D eigenvalue weighted by Crippen LogP contribution is -2.10. The number of alkyl halides is 6. The summed E-state index contributed by atoms with van der Waals surface area (Å²) in [5, 5.41) is 0. The Hall–Kier alpha value is -2.38. The van der Waals surface area contributed by atoms with Crippen LogP contribution < -0.4 is 10.9 Å². The Morgan fingerprint density at radius 1 is 0.500 bits per heavy atom. The Morgan fingerprint density at radius 2 is 0.773 bits per heavy atom. The summed E-state index contributed by atoms with van der Waals surface area (Å²) in [6.07, 6.45) is -8.83. The molecule has 0 saturated carbocycles. The molecule has 2 rings (SSSR count). The van der Waals surface area contributed by atoms with Crippen LogP contribution in [0.15, 0.2) is 48.5 Å². The number of halogens is 6. The van der Waals surface area contributed by atoms with E-state index in [4.69, 9.17) is 0 Å². The molecule has 8 heteroatoms. The van der Waals surface area contributed by atoms with Gasteiger partial charge in [-0.25, -0.2) is 0 Å². The lowest BCUT2D eigenvalue weighted by atomic mass is 10.2. The van der Waals surface area contributed by atoms with Crippen LogP contribution in [0.2, 0.25) is 0 Å². The SMILES string of the molecule is FC(F)(F)c1ccc(NNc2ccc(C(F)(F)F)cc2)cc1. The molecule has 0 amide bonds. The van der Waals surface area contributed by atoms with Crippen molar-refractivity contribution in [2.45, 2.75) is 12.4 Å². The first-order valence-corrected chi connectivity index (χ1v) is 6.03. The van der Waals surface area contributed by atoms with Gasteiger partial charge in [-0.05, 0) is 48.5 Å². The Labute approximate surface area is 121 Å². The second-order valence-electron chi connectivity index (χ2n) is 4.40. The van der Waals surface area contributed by atoms with Crippen molar-refractivity contribution in [3.8, 4) is 0 Å². The van der Waals surface area contributed by atoms with Gasteiger partial charge < -0.3 is 10.9 Å². The maximum atomic E-state index is 12.4. The molecule has 0 heterocycles. The fourth-order valence-electron chi connectivity index (χ4n) is 1.63. The van der Waals surface area contributed by atoms with Crippen LogP contribution in [0.25, 0.3) is 0 Å². The van der Waals surface area contributed by atoms with E-state index in [0.717, 1.165) is 24.3 Å². The first-order valence-electron chi connectivity index (χ1n) is 6.03. The molecule has 2 N–H and O–H groups in total. The molecule has 0 fully saturated rings. The van der Waals surface area contributed by atoms with E-state index in [1.165, 1.54) is 24.3 Å². The number of anilines is 2. The van der Waals surface area contributed by atoms with Crippen LogP contribution in [0.1, 0.15) is 11.1 Å². The van der Waals surface area contributed by atoms with Crippen LogP contribution in [-0.4, -0.2) is 0 Å². The zero-order chi connectivity index (χ0) is 16.4. The van der Waals surface area contributed by atoms with E-state index < -0.39 is 23.5 Å². The smallest absolute Gasteiger partial charge is 0.301 e. The molecule has 0 atom stereocenters. The first kappa shape index (κ1) is 16.0. The molecule has 118 valence electrons. The molecule has 0 aliphatic carbocycles. The highest BCUT2D eigenvalue weighted by molar-refractivity contribution is 5.53. The molecule has 22 heavy (non-hydrogen) atoms. The largest absolute Gasteiger partial charge is 0.416 e. The maximum absolute atomic E-state index is 12.4. The van der Waals surface area contributed by atoms with Gasteiger partial charge in [0, 0.05) is 0 Å². The molecule has 2 aromatic carbocycles. The third kappa shape index (κ3) is 4.06. The summed E-state index contributed by atoms with van der Waals surface area (Å²) < 4.78 is 74.3. The van der Waals surface area contributed by atoms with Crippen LogP contribution in [-0.2, 0) is 12.4 Å². The zero-order valence-corrected chi connectivity index (χ0v) is 10.9. The maximum Gasteiger partial charge on any atom is 0.416 e. The lowest BCUT2D eigenvalue weighted by molar-refractivity contribution is -0.138. The van der Waals surface area contributed by atoms with Crippen molar-refractivity contribution in [3.63, 3.8) is 0 Å². The number of rotatable bonds is 3. The molecule has 0 aliphatic heterocycles. The highest BCUT2D eigenvalue weighted by Gasteiger charge is 2.30. The standard InChI is InChI=1S/C14H10F6N2/c15-13(16,17)9-1-5-11(6-2-9)21-22-12-7-3-10(4-8-12)14(18,19)20/h1-8,21-22H. The van der Waals surface area contributed by atoms with Gasteiger partial charge in [0.15, 0.2) is 0 Å². The molecule has 0 radical (unpaired) electrons. The minimum Gasteiger partial charge on any atom is -0.301 e. The Kier molecular flexibility index (Phi) is 4.20. The quantitative estimate of drug-likeness (QED) is 0.603. The number of benzene rings is 2. The van der Waals surface area contributed by atoms with Crippen molar-refractivity contribution >= 4 is 11.4 Å². The van der Waals surface area contributed by atoms with E-state index in [0.29, 0.717) is 11.4 Å². The summed E-state index contributed by atoms with van der Waals surface area (Å²) in [4.78, 5) is 0. The summed E-state index contributed by atoms with van der Waals surface area (Å²) >= 11 is 0. The fourth-order valence-corrected chi connectivity index (χ4v) is 1.63. The molecule has 0 aromatic heterocycles. The van der Waals surface area contributed by atoms with E-state index in [2.05, 4.69) is 10.9 Å². The monoisotopic (exact) mass is 320 g/mol. The third-order valence-electron chi connectivity index (χ3n) is 2.78. The predicted molar refractivity (Wildman–Crippen MR) is 70.1 cm³/mol. The summed E-state index contributed by atoms with van der Waals surface area (Å²) in [7, 11) is 0. The van der Waals surface area contributed by atoms with Gasteiger partial charge in [-0.2, -0.15) is 26.3 Å². The minimum atomic E-state index is -4.42. The van der Waals surface area contributed by atoms with Gasteiger partial charge in [0.25, 0.3) is 0 Å². The molecular formula is C14H10F6N2. The van der Waals surface area contributed by atoms with E-state index in [1.807, 2.05) is 0 Å². The molecule has 0 spiro atoms. The van der Waals surface area contributed by atoms with Crippen LogP contribution in [0.5, 0.6) is 0 Å². The fraction of sp³-hybridized carbons (Fsp3) is 0.143. The first-order chi connectivity index (χ1) is 10.2. The zero-order valence-electron chi connectivity index (χ0n) is 10.9. The Morgan fingerprint density at radius 3 is 1.00 bits per heavy atom. The predicted octanol–water partition coefficient (Wildman–Crippen LogP) is 5.16. The topological polar surface area (TPSA) is 24.1 Å². The van der Waals surface area contributed by atoms with E-state index in [1.54, 1.807) is 0 Å². The average molecular weight is 320 g/mol. The van der Waals surface area contributed by atoms with Gasteiger partial charge in [-0.3, -0.25) is 0 Å². The molecule has 0 saturated heterocycles. The van der Waals surface area contributed by atoms with Crippen molar-refractivity contribution in [3.05, 3.63) is 59.7 Å². The van der Waals surface area contributed by atoms with Gasteiger partial charge in [0.2, 0.25) is 0 Å². The van der Waals surface area contributed by atoms with Gasteiger partial charge in [0.05, 0.1) is 22.5 Å². The van der Waals surface area contributed by atoms with Gasteiger partial charge in [0.1, 0.15) is 0 Å². The summed E-state index contributed by atoms with van der Waals surface area (Å²) in [5.41, 5.74) is 4.31. The van der Waals surface area contributed by atoms with Crippen molar-refractivity contribution in [1.29, 1.82) is 0 Å². The summed E-state index contributed by atoms with van der Waals surface area (Å²) in [6.45, 7) is 0. The minimum absolute atomic E-state index is 0.341. The highest BCUT2D eigenvalue weighted by atomic mass is 19.4. The molecule has 0 bridgehead atoms. The Balaban J connectivity index is 1.98. The summed E-state index contributed by atoms with van der Waals surface area (Å²) in [6, 6.07) is 8.43. The van der Waals surface area contributed by atoms with Crippen LogP contribution in [0.3, 0.4) is 0 Å². The second-order valence-corrected chi connectivity index (χ2v) is 4.40. The highest BCUT2D eigenvalue weighted by Crippen LogP contribution is 2.31. The van der Waals surface area contributed by atoms with Gasteiger partial charge in [-0.15, -0.1) is 0 Å². The Bertz CT molecular complexity index is 556. The van der Waals surface area contributed by atoms with E-state index in [-0.39, 0.29) is 0 Å². The van der Waals surface area contributed by atoms with Crippen molar-refractivity contribution in [2.24, 2.45) is 0 Å².